The van der Waals surface area contributed by atoms with Crippen molar-refractivity contribution >= 4 is 17.4 Å². The van der Waals surface area contributed by atoms with Crippen molar-refractivity contribution in [1.29, 1.82) is 0 Å². The van der Waals surface area contributed by atoms with E-state index in [-0.39, 0.29) is 0 Å². The molecule has 2 aromatic heterocycles. The number of imidazole rings is 1. The smallest absolute Gasteiger partial charge is 0.131 e. The SMILES string of the molecule is Clc1cccc(NCc2cncn2C2CC2)n1. The summed E-state index contributed by atoms with van der Waals surface area (Å²) in [6.07, 6.45) is 6.33. The second-order valence-electron chi connectivity index (χ2n) is 4.22. The Kier molecular flexibility index (Phi) is 2.73. The maximum Gasteiger partial charge on any atom is 0.131 e. The molecule has 0 unspecified atom stereocenters. The van der Waals surface area contributed by atoms with E-state index in [0.29, 0.717) is 11.2 Å². The van der Waals surface area contributed by atoms with Gasteiger partial charge in [-0.15, -0.1) is 0 Å². The Labute approximate surface area is 105 Å². The zero-order chi connectivity index (χ0) is 11.7. The van der Waals surface area contributed by atoms with Gasteiger partial charge >= 0.3 is 0 Å². The van der Waals surface area contributed by atoms with Crippen LogP contribution in [0.25, 0.3) is 0 Å². The molecular formula is C12H13ClN4. The summed E-state index contributed by atoms with van der Waals surface area (Å²) in [4.78, 5) is 8.38. The molecule has 0 saturated heterocycles. The van der Waals surface area contributed by atoms with E-state index in [4.69, 9.17) is 11.6 Å². The number of hydrogen-bond donors (Lipinski definition) is 1. The van der Waals surface area contributed by atoms with Crippen LogP contribution >= 0.6 is 11.6 Å². The Morgan fingerprint density at radius 2 is 2.29 bits per heavy atom. The van der Waals surface area contributed by atoms with Gasteiger partial charge in [0.25, 0.3) is 0 Å². The second kappa shape index (κ2) is 4.37. The fourth-order valence-electron chi connectivity index (χ4n) is 1.84. The molecule has 0 atom stereocenters. The molecular weight excluding hydrogens is 236 g/mol. The lowest BCUT2D eigenvalue weighted by atomic mass is 10.4. The molecule has 2 heterocycles. The molecule has 1 fully saturated rings. The van der Waals surface area contributed by atoms with Crippen LogP contribution in [0.2, 0.25) is 5.15 Å². The third-order valence-corrected chi connectivity index (χ3v) is 3.06. The van der Waals surface area contributed by atoms with Crippen molar-refractivity contribution in [2.24, 2.45) is 0 Å². The average molecular weight is 249 g/mol. The van der Waals surface area contributed by atoms with Crippen molar-refractivity contribution in [3.8, 4) is 0 Å². The van der Waals surface area contributed by atoms with Crippen LogP contribution in [-0.4, -0.2) is 14.5 Å². The van der Waals surface area contributed by atoms with E-state index in [2.05, 4.69) is 19.9 Å². The maximum atomic E-state index is 5.83. The van der Waals surface area contributed by atoms with Crippen molar-refractivity contribution < 1.29 is 0 Å². The molecule has 1 aliphatic carbocycles. The standard InChI is InChI=1S/C12H13ClN4/c13-11-2-1-3-12(16-11)15-7-10-6-14-8-17(10)9-4-5-9/h1-3,6,8-9H,4-5,7H2,(H,15,16). The largest absolute Gasteiger partial charge is 0.364 e. The lowest BCUT2D eigenvalue weighted by molar-refractivity contribution is 0.700. The molecule has 1 aliphatic rings. The number of halogens is 1. The third kappa shape index (κ3) is 2.42. The van der Waals surface area contributed by atoms with Gasteiger partial charge in [0.2, 0.25) is 0 Å². The first kappa shape index (κ1) is 10.6. The van der Waals surface area contributed by atoms with Crippen molar-refractivity contribution in [1.82, 2.24) is 14.5 Å². The first-order valence-corrected chi connectivity index (χ1v) is 6.08. The van der Waals surface area contributed by atoms with Crippen LogP contribution in [-0.2, 0) is 6.54 Å². The predicted molar refractivity (Wildman–Crippen MR) is 67.1 cm³/mol. The molecule has 4 nitrogen and oxygen atoms in total. The third-order valence-electron chi connectivity index (χ3n) is 2.85. The Balaban J connectivity index is 1.69. The number of aromatic nitrogens is 3. The van der Waals surface area contributed by atoms with Crippen LogP contribution in [0.4, 0.5) is 5.82 Å². The van der Waals surface area contributed by atoms with Crippen LogP contribution < -0.4 is 5.32 Å². The lowest BCUT2D eigenvalue weighted by Crippen LogP contribution is -2.06. The highest BCUT2D eigenvalue weighted by atomic mass is 35.5. The molecule has 3 rings (SSSR count). The van der Waals surface area contributed by atoms with E-state index in [1.165, 1.54) is 18.5 Å². The number of anilines is 1. The summed E-state index contributed by atoms with van der Waals surface area (Å²) < 4.78 is 2.23. The van der Waals surface area contributed by atoms with Crippen LogP contribution in [0.3, 0.4) is 0 Å². The summed E-state index contributed by atoms with van der Waals surface area (Å²) in [5, 5.41) is 3.76. The Morgan fingerprint density at radius 3 is 3.06 bits per heavy atom. The van der Waals surface area contributed by atoms with Crippen molar-refractivity contribution in [3.63, 3.8) is 0 Å². The van der Waals surface area contributed by atoms with Gasteiger partial charge in [-0.25, -0.2) is 9.97 Å². The van der Waals surface area contributed by atoms with Gasteiger partial charge in [-0.1, -0.05) is 17.7 Å². The zero-order valence-corrected chi connectivity index (χ0v) is 10.1. The fourth-order valence-corrected chi connectivity index (χ4v) is 2.00. The monoisotopic (exact) mass is 248 g/mol. The molecule has 5 heteroatoms. The second-order valence-corrected chi connectivity index (χ2v) is 4.61. The molecule has 17 heavy (non-hydrogen) atoms. The van der Waals surface area contributed by atoms with Gasteiger partial charge in [-0.05, 0) is 25.0 Å². The quantitative estimate of drug-likeness (QED) is 0.846. The topological polar surface area (TPSA) is 42.7 Å². The van der Waals surface area contributed by atoms with Crippen molar-refractivity contribution in [3.05, 3.63) is 41.6 Å². The minimum atomic E-state index is 0.505. The lowest BCUT2D eigenvalue weighted by Gasteiger charge is -2.08. The first-order valence-electron chi connectivity index (χ1n) is 5.70. The van der Waals surface area contributed by atoms with Crippen LogP contribution in [0.15, 0.2) is 30.7 Å². The number of hydrogen-bond acceptors (Lipinski definition) is 3. The molecule has 0 spiro atoms. The van der Waals surface area contributed by atoms with Crippen LogP contribution in [0, 0.1) is 0 Å². The highest BCUT2D eigenvalue weighted by molar-refractivity contribution is 6.29. The summed E-state index contributed by atoms with van der Waals surface area (Å²) in [5.41, 5.74) is 1.19. The van der Waals surface area contributed by atoms with Crippen LogP contribution in [0.1, 0.15) is 24.6 Å². The van der Waals surface area contributed by atoms with Crippen molar-refractivity contribution in [2.45, 2.75) is 25.4 Å². The van der Waals surface area contributed by atoms with E-state index < -0.39 is 0 Å². The summed E-state index contributed by atoms with van der Waals surface area (Å²) in [6, 6.07) is 6.21. The zero-order valence-electron chi connectivity index (χ0n) is 9.31. The Bertz CT molecular complexity index is 519. The number of pyridine rings is 1. The van der Waals surface area contributed by atoms with E-state index in [9.17, 15) is 0 Å². The molecule has 2 aromatic rings. The summed E-state index contributed by atoms with van der Waals surface area (Å²) in [5.74, 6) is 0.793. The van der Waals surface area contributed by atoms with Crippen molar-refractivity contribution in [2.75, 3.05) is 5.32 Å². The fraction of sp³-hybridized carbons (Fsp3) is 0.333. The summed E-state index contributed by atoms with van der Waals surface area (Å²) in [7, 11) is 0. The van der Waals surface area contributed by atoms with Gasteiger partial charge in [0.15, 0.2) is 0 Å². The van der Waals surface area contributed by atoms with E-state index in [0.717, 1.165) is 12.4 Å². The molecule has 1 N–H and O–H groups in total. The summed E-state index contributed by atoms with van der Waals surface area (Å²) >= 11 is 5.83. The minimum Gasteiger partial charge on any atom is -0.364 e. The van der Waals surface area contributed by atoms with E-state index in [1.54, 1.807) is 6.07 Å². The number of rotatable bonds is 4. The maximum absolute atomic E-state index is 5.83. The van der Waals surface area contributed by atoms with Gasteiger partial charge < -0.3 is 9.88 Å². The van der Waals surface area contributed by atoms with Gasteiger partial charge in [0.05, 0.1) is 18.6 Å². The van der Waals surface area contributed by atoms with Crippen LogP contribution in [0.5, 0.6) is 0 Å². The molecule has 0 bridgehead atoms. The van der Waals surface area contributed by atoms with E-state index in [1.807, 2.05) is 24.7 Å². The predicted octanol–water partition coefficient (Wildman–Crippen LogP) is 2.88. The Morgan fingerprint density at radius 1 is 1.41 bits per heavy atom. The number of nitrogens with one attached hydrogen (secondary N) is 1. The minimum absolute atomic E-state index is 0.505. The molecule has 88 valence electrons. The normalized spacial score (nSPS) is 14.9. The molecule has 0 aromatic carbocycles. The molecule has 0 amide bonds. The van der Waals surface area contributed by atoms with Gasteiger partial charge in [0, 0.05) is 12.2 Å². The molecule has 0 aliphatic heterocycles. The number of nitrogens with zero attached hydrogens (tertiary/aromatic N) is 3. The molecule has 0 radical (unpaired) electrons. The highest BCUT2D eigenvalue weighted by Crippen LogP contribution is 2.35. The summed E-state index contributed by atoms with van der Waals surface area (Å²) in [6.45, 7) is 0.726. The van der Waals surface area contributed by atoms with Gasteiger partial charge in [0.1, 0.15) is 11.0 Å². The Hall–Kier alpha value is -1.55. The van der Waals surface area contributed by atoms with Gasteiger partial charge in [-0.2, -0.15) is 0 Å². The van der Waals surface area contributed by atoms with E-state index >= 15 is 0 Å². The molecule has 1 saturated carbocycles. The first-order chi connectivity index (χ1) is 8.33. The highest BCUT2D eigenvalue weighted by Gasteiger charge is 2.24. The van der Waals surface area contributed by atoms with Gasteiger partial charge in [-0.3, -0.25) is 0 Å². The average Bonchev–Trinajstić information content (AvgIpc) is 3.06.